The zero-order chi connectivity index (χ0) is 16.1. The van der Waals surface area contributed by atoms with Crippen molar-refractivity contribution in [2.75, 3.05) is 13.1 Å². The fraction of sp³-hybridized carbons (Fsp3) is 0.625. The van der Waals surface area contributed by atoms with Crippen LogP contribution in [0.15, 0.2) is 22.8 Å². The number of nitrogens with one attached hydrogen (secondary N) is 1. The number of hydrogen-bond acceptors (Lipinski definition) is 4. The van der Waals surface area contributed by atoms with Gasteiger partial charge in [-0.1, -0.05) is 13.3 Å². The predicted molar refractivity (Wildman–Crippen MR) is 80.9 cm³/mol. The first kappa shape index (κ1) is 16.5. The summed E-state index contributed by atoms with van der Waals surface area (Å²) >= 11 is 0. The first-order valence-electron chi connectivity index (χ1n) is 7.81. The second-order valence-corrected chi connectivity index (χ2v) is 5.86. The average molecular weight is 308 g/mol. The summed E-state index contributed by atoms with van der Waals surface area (Å²) in [5, 5.41) is 12.6. The van der Waals surface area contributed by atoms with Crippen LogP contribution in [0.3, 0.4) is 0 Å². The van der Waals surface area contributed by atoms with Crippen LogP contribution in [0.2, 0.25) is 0 Å². The molecule has 0 spiro atoms. The van der Waals surface area contributed by atoms with Crippen LogP contribution in [-0.4, -0.2) is 41.0 Å². The molecule has 0 saturated carbocycles. The van der Waals surface area contributed by atoms with Gasteiger partial charge in [0.05, 0.1) is 18.7 Å². The molecule has 1 aliphatic rings. The molecule has 1 saturated heterocycles. The monoisotopic (exact) mass is 308 g/mol. The molecule has 6 heteroatoms. The minimum atomic E-state index is -0.869. The summed E-state index contributed by atoms with van der Waals surface area (Å²) in [5.74, 6) is -0.0746. The largest absolute Gasteiger partial charge is 0.467 e. The summed E-state index contributed by atoms with van der Waals surface area (Å²) in [4.78, 5) is 26.0. The van der Waals surface area contributed by atoms with E-state index >= 15 is 0 Å². The van der Waals surface area contributed by atoms with Gasteiger partial charge in [0.25, 0.3) is 0 Å². The Balaban J connectivity index is 1.82. The molecule has 2 rings (SSSR count). The zero-order valence-electron chi connectivity index (χ0n) is 13.1. The van der Waals surface area contributed by atoms with E-state index < -0.39 is 6.10 Å². The molecule has 6 nitrogen and oxygen atoms in total. The van der Waals surface area contributed by atoms with Crippen LogP contribution in [0.1, 0.15) is 45.0 Å². The quantitative estimate of drug-likeness (QED) is 0.799. The van der Waals surface area contributed by atoms with E-state index in [0.717, 1.165) is 12.8 Å². The minimum Gasteiger partial charge on any atom is -0.467 e. The second kappa shape index (κ2) is 7.45. The number of carbonyl (C=O) groups is 2. The van der Waals surface area contributed by atoms with Gasteiger partial charge >= 0.3 is 0 Å². The first-order valence-corrected chi connectivity index (χ1v) is 7.81. The first-order chi connectivity index (χ1) is 10.5. The van der Waals surface area contributed by atoms with Crippen molar-refractivity contribution in [3.63, 3.8) is 0 Å². The highest BCUT2D eigenvalue weighted by atomic mass is 16.4. The minimum absolute atomic E-state index is 0.0349. The van der Waals surface area contributed by atoms with Crippen molar-refractivity contribution in [3.8, 4) is 0 Å². The van der Waals surface area contributed by atoms with Crippen LogP contribution in [0.25, 0.3) is 0 Å². The Labute approximate surface area is 130 Å². The number of amides is 2. The zero-order valence-corrected chi connectivity index (χ0v) is 13.1. The number of hydrogen-bond donors (Lipinski definition) is 2. The van der Waals surface area contributed by atoms with Gasteiger partial charge in [0.1, 0.15) is 11.9 Å². The van der Waals surface area contributed by atoms with Crippen molar-refractivity contribution in [1.82, 2.24) is 10.2 Å². The Morgan fingerprint density at radius 1 is 1.59 bits per heavy atom. The molecule has 1 aromatic rings. The van der Waals surface area contributed by atoms with Crippen LogP contribution < -0.4 is 5.32 Å². The third kappa shape index (κ3) is 3.88. The molecule has 3 unspecified atom stereocenters. The van der Waals surface area contributed by atoms with Crippen molar-refractivity contribution in [2.45, 2.75) is 45.3 Å². The van der Waals surface area contributed by atoms with E-state index in [4.69, 9.17) is 4.42 Å². The molecule has 3 atom stereocenters. The number of aliphatic hydroxyl groups is 1. The Bertz CT molecular complexity index is 500. The van der Waals surface area contributed by atoms with E-state index in [-0.39, 0.29) is 36.7 Å². The van der Waals surface area contributed by atoms with E-state index in [1.807, 2.05) is 6.92 Å². The van der Waals surface area contributed by atoms with Crippen molar-refractivity contribution in [1.29, 1.82) is 0 Å². The van der Waals surface area contributed by atoms with E-state index in [1.165, 1.54) is 6.26 Å². The Kier molecular flexibility index (Phi) is 5.60. The number of likely N-dealkylation sites (tertiary alicyclic amines) is 1. The number of carbonyl (C=O) groups excluding carboxylic acids is 2. The van der Waals surface area contributed by atoms with Gasteiger partial charge in [-0.15, -0.1) is 0 Å². The maximum Gasteiger partial charge on any atom is 0.225 e. The van der Waals surface area contributed by atoms with Gasteiger partial charge in [0.2, 0.25) is 11.8 Å². The summed E-state index contributed by atoms with van der Waals surface area (Å²) in [6, 6.07) is 3.51. The third-order valence-corrected chi connectivity index (χ3v) is 4.11. The van der Waals surface area contributed by atoms with Gasteiger partial charge in [0.15, 0.2) is 0 Å². The van der Waals surface area contributed by atoms with Gasteiger partial charge < -0.3 is 19.7 Å². The topological polar surface area (TPSA) is 82.8 Å². The molecule has 0 aromatic carbocycles. The lowest BCUT2D eigenvalue weighted by Gasteiger charge is -2.24. The molecule has 0 bridgehead atoms. The van der Waals surface area contributed by atoms with Gasteiger partial charge in [-0.25, -0.2) is 0 Å². The molecule has 1 aromatic heterocycles. The Hall–Kier alpha value is -1.82. The highest BCUT2D eigenvalue weighted by molar-refractivity contribution is 5.89. The fourth-order valence-electron chi connectivity index (χ4n) is 2.83. The van der Waals surface area contributed by atoms with E-state index in [2.05, 4.69) is 12.2 Å². The van der Waals surface area contributed by atoms with Gasteiger partial charge in [0, 0.05) is 19.0 Å². The maximum absolute atomic E-state index is 12.2. The van der Waals surface area contributed by atoms with Crippen LogP contribution in [-0.2, 0) is 9.59 Å². The molecule has 2 amide bonds. The molecule has 0 radical (unpaired) electrons. The van der Waals surface area contributed by atoms with Crippen LogP contribution in [0, 0.1) is 5.92 Å². The lowest BCUT2D eigenvalue weighted by molar-refractivity contribution is -0.130. The van der Waals surface area contributed by atoms with Crippen LogP contribution in [0.5, 0.6) is 0 Å². The summed E-state index contributed by atoms with van der Waals surface area (Å²) in [5.41, 5.74) is 0. The summed E-state index contributed by atoms with van der Waals surface area (Å²) in [6.45, 7) is 4.64. The van der Waals surface area contributed by atoms with Crippen LogP contribution >= 0.6 is 0 Å². The van der Waals surface area contributed by atoms with E-state index in [1.54, 1.807) is 17.0 Å². The molecule has 22 heavy (non-hydrogen) atoms. The number of nitrogens with zero attached hydrogens (tertiary/aromatic N) is 1. The molecule has 1 fully saturated rings. The highest BCUT2D eigenvalue weighted by Gasteiger charge is 2.36. The van der Waals surface area contributed by atoms with Crippen LogP contribution in [0.4, 0.5) is 0 Å². The molecule has 122 valence electrons. The molecule has 2 N–H and O–H groups in total. The normalized spacial score (nSPS) is 21.0. The standard InChI is InChI=1S/C16H24N2O4/c1-3-5-11(2)18-10-12(8-15(18)20)16(21)17-9-13(19)14-6-4-7-22-14/h4,6-7,11-13,19H,3,5,8-10H2,1-2H3,(H,17,21). The predicted octanol–water partition coefficient (Wildman–Crippen LogP) is 1.47. The van der Waals surface area contributed by atoms with E-state index in [0.29, 0.717) is 12.3 Å². The van der Waals surface area contributed by atoms with Crippen molar-refractivity contribution < 1.29 is 19.1 Å². The fourth-order valence-corrected chi connectivity index (χ4v) is 2.83. The Morgan fingerprint density at radius 2 is 2.36 bits per heavy atom. The van der Waals surface area contributed by atoms with Gasteiger partial charge in [-0.3, -0.25) is 9.59 Å². The summed E-state index contributed by atoms with van der Waals surface area (Å²) in [6.07, 6.45) is 2.81. The number of rotatable bonds is 7. The van der Waals surface area contributed by atoms with Crippen molar-refractivity contribution in [2.24, 2.45) is 5.92 Å². The lowest BCUT2D eigenvalue weighted by Crippen LogP contribution is -2.37. The number of aliphatic hydroxyl groups excluding tert-OH is 1. The van der Waals surface area contributed by atoms with Crippen molar-refractivity contribution >= 4 is 11.8 Å². The number of furan rings is 1. The molecule has 2 heterocycles. The van der Waals surface area contributed by atoms with E-state index in [9.17, 15) is 14.7 Å². The molecule has 1 aliphatic heterocycles. The van der Waals surface area contributed by atoms with Gasteiger partial charge in [-0.05, 0) is 25.5 Å². The lowest BCUT2D eigenvalue weighted by atomic mass is 10.1. The summed E-state index contributed by atoms with van der Waals surface area (Å²) < 4.78 is 5.08. The Morgan fingerprint density at radius 3 is 3.00 bits per heavy atom. The molecular weight excluding hydrogens is 284 g/mol. The summed E-state index contributed by atoms with van der Waals surface area (Å²) in [7, 11) is 0. The molecular formula is C16H24N2O4. The highest BCUT2D eigenvalue weighted by Crippen LogP contribution is 2.22. The SMILES string of the molecule is CCCC(C)N1CC(C(=O)NCC(O)c2ccco2)CC1=O. The average Bonchev–Trinajstić information content (AvgIpc) is 3.14. The maximum atomic E-state index is 12.2. The second-order valence-electron chi connectivity index (χ2n) is 5.86. The molecule has 0 aliphatic carbocycles. The smallest absolute Gasteiger partial charge is 0.225 e. The van der Waals surface area contributed by atoms with Crippen molar-refractivity contribution in [3.05, 3.63) is 24.2 Å². The van der Waals surface area contributed by atoms with Gasteiger partial charge in [-0.2, -0.15) is 0 Å². The third-order valence-electron chi connectivity index (χ3n) is 4.11.